The van der Waals surface area contributed by atoms with E-state index in [9.17, 15) is 33.9 Å². The van der Waals surface area contributed by atoms with Crippen molar-refractivity contribution in [1.82, 2.24) is 41.9 Å². The molecule has 2 heterocycles. The summed E-state index contributed by atoms with van der Waals surface area (Å²) < 4.78 is 0. The lowest BCUT2D eigenvalue weighted by Gasteiger charge is -2.27. The highest BCUT2D eigenvalue weighted by Crippen LogP contribution is 2.09. The SMILES string of the molecule is CC(=O)O.CSCC[C@H](NC(=O)[C@H](CCCN=C(N)N)NC(=O)[C@H](CCCCN)NC(=O)[C@H](CS)NC(=O)[C@H](Cc1cnc[nH]1)NC(=O)[C@@H]1CCCN1)C(=O)O. The van der Waals surface area contributed by atoms with E-state index >= 15 is 0 Å². The number of amides is 5. The molecule has 0 spiro atoms. The maximum Gasteiger partial charge on any atom is 0.326 e. The van der Waals surface area contributed by atoms with Crippen LogP contribution >= 0.6 is 24.4 Å². The zero-order valence-electron chi connectivity index (χ0n) is 31.8. The van der Waals surface area contributed by atoms with Crippen molar-refractivity contribution in [2.24, 2.45) is 22.2 Å². The first-order valence-corrected chi connectivity index (χ1v) is 20.2. The van der Waals surface area contributed by atoms with E-state index in [2.05, 4.69) is 59.5 Å². The molecule has 316 valence electrons. The molecule has 0 saturated carbocycles. The summed E-state index contributed by atoms with van der Waals surface area (Å²) in [7, 11) is 0. The van der Waals surface area contributed by atoms with Gasteiger partial charge in [-0.05, 0) is 76.5 Å². The Morgan fingerprint density at radius 2 is 1.46 bits per heavy atom. The number of carboxylic acids is 2. The van der Waals surface area contributed by atoms with Gasteiger partial charge < -0.3 is 64.3 Å². The van der Waals surface area contributed by atoms with E-state index in [0.29, 0.717) is 43.8 Å². The van der Waals surface area contributed by atoms with Crippen molar-refractivity contribution in [3.8, 4) is 0 Å². The second-order valence-electron chi connectivity index (χ2n) is 12.8. The number of carbonyl (C=O) groups excluding carboxylic acids is 5. The first kappa shape index (κ1) is 49.4. The molecule has 0 aromatic carbocycles. The second kappa shape index (κ2) is 27.9. The number of imidazole rings is 1. The Labute approximate surface area is 335 Å². The van der Waals surface area contributed by atoms with Gasteiger partial charge in [0.1, 0.15) is 30.2 Å². The highest BCUT2D eigenvalue weighted by molar-refractivity contribution is 7.98. The van der Waals surface area contributed by atoms with E-state index in [4.69, 9.17) is 27.1 Å². The van der Waals surface area contributed by atoms with E-state index in [1.54, 1.807) is 0 Å². The summed E-state index contributed by atoms with van der Waals surface area (Å²) in [5, 5.41) is 33.4. The molecule has 23 heteroatoms. The van der Waals surface area contributed by atoms with Gasteiger partial charge in [-0.1, -0.05) is 0 Å². The number of carboxylic acid groups (broad SMARTS) is 2. The topological polar surface area (TPSA) is 351 Å². The molecule has 0 unspecified atom stereocenters. The number of carbonyl (C=O) groups is 7. The average Bonchev–Trinajstić information content (AvgIpc) is 3.87. The molecule has 2 rings (SSSR count). The summed E-state index contributed by atoms with van der Waals surface area (Å²) in [5.41, 5.74) is 17.1. The van der Waals surface area contributed by atoms with Crippen molar-refractivity contribution >= 4 is 71.8 Å². The molecule has 0 radical (unpaired) electrons. The van der Waals surface area contributed by atoms with Crippen LogP contribution in [0.2, 0.25) is 0 Å². The van der Waals surface area contributed by atoms with Crippen molar-refractivity contribution in [2.45, 2.75) is 101 Å². The Kier molecular flexibility index (Phi) is 24.6. The Morgan fingerprint density at radius 3 is 1.96 bits per heavy atom. The molecule has 5 amide bonds. The summed E-state index contributed by atoms with van der Waals surface area (Å²) >= 11 is 5.69. The second-order valence-corrected chi connectivity index (χ2v) is 14.1. The van der Waals surface area contributed by atoms with Gasteiger partial charge in [-0.15, -0.1) is 0 Å². The number of nitrogens with two attached hydrogens (primary N) is 3. The normalized spacial score (nSPS) is 16.0. The zero-order valence-corrected chi connectivity index (χ0v) is 33.5. The number of aliphatic imine (C=N–C) groups is 1. The van der Waals surface area contributed by atoms with Crippen LogP contribution in [-0.4, -0.2) is 141 Å². The Bertz CT molecular complexity index is 1420. The van der Waals surface area contributed by atoms with Crippen molar-refractivity contribution in [3.63, 3.8) is 0 Å². The number of hydrogen-bond donors (Lipinski definition) is 13. The first-order valence-electron chi connectivity index (χ1n) is 18.1. The summed E-state index contributed by atoms with van der Waals surface area (Å²) in [6, 6.07) is -6.25. The fourth-order valence-electron chi connectivity index (χ4n) is 5.32. The Morgan fingerprint density at radius 1 is 0.893 bits per heavy atom. The number of aliphatic carboxylic acids is 2. The van der Waals surface area contributed by atoms with E-state index < -0.39 is 71.8 Å². The summed E-state index contributed by atoms with van der Waals surface area (Å²) in [6.07, 6.45) is 7.90. The largest absolute Gasteiger partial charge is 0.481 e. The number of nitrogens with one attached hydrogen (secondary N) is 7. The van der Waals surface area contributed by atoms with E-state index in [1.807, 2.05) is 6.26 Å². The number of unbranched alkanes of at least 4 members (excludes halogenated alkanes) is 1. The van der Waals surface area contributed by atoms with Crippen LogP contribution in [0.4, 0.5) is 0 Å². The van der Waals surface area contributed by atoms with Gasteiger partial charge in [0.2, 0.25) is 29.5 Å². The molecular weight excluding hydrogens is 773 g/mol. The third-order valence-electron chi connectivity index (χ3n) is 8.19. The van der Waals surface area contributed by atoms with Gasteiger partial charge in [-0.3, -0.25) is 33.8 Å². The van der Waals surface area contributed by atoms with Crippen molar-refractivity contribution < 1.29 is 43.8 Å². The van der Waals surface area contributed by atoms with Gasteiger partial charge in [0.15, 0.2) is 5.96 Å². The summed E-state index contributed by atoms with van der Waals surface area (Å²) in [6.45, 7) is 2.25. The fourth-order valence-corrected chi connectivity index (χ4v) is 6.05. The lowest BCUT2D eigenvalue weighted by Crippen LogP contribution is -2.60. The van der Waals surface area contributed by atoms with Crippen LogP contribution < -0.4 is 49.1 Å². The number of H-pyrrole nitrogens is 1. The molecule has 1 aromatic heterocycles. The third-order valence-corrected chi connectivity index (χ3v) is 9.20. The number of aromatic amines is 1. The molecule has 21 nitrogen and oxygen atoms in total. The lowest BCUT2D eigenvalue weighted by atomic mass is 10.0. The molecule has 1 aliphatic heterocycles. The third kappa shape index (κ3) is 20.3. The van der Waals surface area contributed by atoms with E-state index in [0.717, 1.165) is 13.3 Å². The summed E-state index contributed by atoms with van der Waals surface area (Å²) in [4.78, 5) is 98.6. The molecule has 1 aromatic rings. The number of aromatic nitrogens is 2. The Hall–Kier alpha value is -4.61. The predicted octanol–water partition coefficient (Wildman–Crippen LogP) is -2.83. The van der Waals surface area contributed by atoms with E-state index in [1.165, 1.54) is 24.3 Å². The maximum atomic E-state index is 13.7. The number of nitrogens with zero attached hydrogens (tertiary/aromatic N) is 2. The number of thiol groups is 1. The summed E-state index contributed by atoms with van der Waals surface area (Å²) in [5.74, 6) is -5.03. The zero-order chi connectivity index (χ0) is 42.0. The molecule has 6 atom stereocenters. The smallest absolute Gasteiger partial charge is 0.326 e. The van der Waals surface area contributed by atoms with Gasteiger partial charge >= 0.3 is 5.97 Å². The molecule has 1 fully saturated rings. The van der Waals surface area contributed by atoms with Crippen molar-refractivity contribution in [3.05, 3.63) is 18.2 Å². The minimum Gasteiger partial charge on any atom is -0.481 e. The van der Waals surface area contributed by atoms with Gasteiger partial charge in [0.05, 0.1) is 12.4 Å². The Balaban J connectivity index is 0.00000373. The van der Waals surface area contributed by atoms with Crippen LogP contribution in [0.1, 0.15) is 64.0 Å². The maximum absolute atomic E-state index is 13.7. The number of thioether (sulfide) groups is 1. The van der Waals surface area contributed by atoms with Gasteiger partial charge in [-0.2, -0.15) is 24.4 Å². The van der Waals surface area contributed by atoms with Gasteiger partial charge in [0.25, 0.3) is 5.97 Å². The number of rotatable bonds is 25. The van der Waals surface area contributed by atoms with Crippen LogP contribution in [-0.2, 0) is 40.0 Å². The predicted molar refractivity (Wildman–Crippen MR) is 214 cm³/mol. The minimum atomic E-state index is -1.22. The molecule has 1 saturated heterocycles. The quantitative estimate of drug-likeness (QED) is 0.0204. The number of guanidine groups is 1. The molecule has 15 N–H and O–H groups in total. The molecule has 0 aliphatic carbocycles. The number of hydrogen-bond acceptors (Lipinski definition) is 13. The molecular formula is C33H58N12O9S2. The van der Waals surface area contributed by atoms with Crippen LogP contribution in [0.5, 0.6) is 0 Å². The average molecular weight is 831 g/mol. The minimum absolute atomic E-state index is 0.0574. The molecule has 0 bridgehead atoms. The van der Waals surface area contributed by atoms with E-state index in [-0.39, 0.29) is 56.3 Å². The molecule has 1 aliphatic rings. The van der Waals surface area contributed by atoms with Crippen LogP contribution in [0, 0.1) is 0 Å². The monoisotopic (exact) mass is 830 g/mol. The van der Waals surface area contributed by atoms with Gasteiger partial charge in [-0.25, -0.2) is 9.78 Å². The van der Waals surface area contributed by atoms with Crippen molar-refractivity contribution in [2.75, 3.05) is 37.4 Å². The first-order chi connectivity index (χ1) is 26.6. The van der Waals surface area contributed by atoms with Gasteiger partial charge in [0, 0.05) is 37.5 Å². The molecule has 56 heavy (non-hydrogen) atoms. The van der Waals surface area contributed by atoms with Crippen LogP contribution in [0.15, 0.2) is 17.5 Å². The van der Waals surface area contributed by atoms with Crippen LogP contribution in [0.25, 0.3) is 0 Å². The lowest BCUT2D eigenvalue weighted by molar-refractivity contribution is -0.142. The highest BCUT2D eigenvalue weighted by Gasteiger charge is 2.33. The van der Waals surface area contributed by atoms with Crippen molar-refractivity contribution in [1.29, 1.82) is 0 Å². The highest BCUT2D eigenvalue weighted by atomic mass is 32.2. The fraction of sp³-hybridized carbons (Fsp3) is 0.667. The van der Waals surface area contributed by atoms with Crippen LogP contribution in [0.3, 0.4) is 0 Å². The standard InChI is InChI=1S/C31H54N12O7S2.C2H4O2/c1-52-13-9-22(30(49)50)41-27(46)21(8-5-12-37-31(33)34)39-26(45)20(6-2-3-10-32)40-29(48)24(16-51)43-28(47)23(14-18-15-35-17-38-18)42-25(44)19-7-4-11-36-19;1-2(3)4/h15,17,19-24,36,51H,2-14,16,32H2,1H3,(H,35,38)(H,39,45)(H,40,48)(H,41,46)(H,42,44)(H,43,47)(H,49,50)(H4,33,34,37);1H3,(H,3,4)/t19-,20-,21-,22-,23-,24-;/m0./s1.